The number of hydrogen-bond donors (Lipinski definition) is 6. The molecule has 0 unspecified atom stereocenters. The first kappa shape index (κ1) is 98.9. The van der Waals surface area contributed by atoms with Crippen LogP contribution in [0.25, 0.3) is 20.9 Å². The van der Waals surface area contributed by atoms with E-state index in [9.17, 15) is 23.1 Å². The van der Waals surface area contributed by atoms with E-state index in [4.69, 9.17) is 55.0 Å². The Kier molecular flexibility index (Phi) is 52.8. The largest absolute Gasteiger partial charge is 0.438 e. The summed E-state index contributed by atoms with van der Waals surface area (Å²) in [6, 6.07) is 40.4. The van der Waals surface area contributed by atoms with Gasteiger partial charge in [-0.2, -0.15) is 4.40 Å². The third kappa shape index (κ3) is 31.1. The first-order chi connectivity index (χ1) is 48.1. The number of aliphatic hydroxyl groups is 5. The first-order valence-electron chi connectivity index (χ1n) is 35.8. The summed E-state index contributed by atoms with van der Waals surface area (Å²) < 4.78 is 54.8. The molecule has 2 fully saturated rings. The van der Waals surface area contributed by atoms with E-state index >= 15 is 0 Å². The molecule has 102 heavy (non-hydrogen) atoms. The van der Waals surface area contributed by atoms with Crippen LogP contribution >= 0.6 is 0 Å². The fourth-order valence-corrected chi connectivity index (χ4v) is 23.2. The smallest absolute Gasteiger partial charge is 0.411 e. The molecule has 2 aliphatic rings. The Hall–Kier alpha value is -5.16. The van der Waals surface area contributed by atoms with Crippen LogP contribution in [0.5, 0.6) is 0 Å². The fraction of sp³-hybridized carbons (Fsp3) is 0.635. The molecule has 0 aromatic heterocycles. The van der Waals surface area contributed by atoms with E-state index in [0.29, 0.717) is 76.2 Å². The number of rotatable bonds is 33. The molecule has 6 rings (SSSR count). The number of ether oxygens (including phenoxy) is 2. The Labute approximate surface area is 633 Å². The number of benzene rings is 4. The van der Waals surface area contributed by atoms with Gasteiger partial charge in [-0.15, -0.1) is 0 Å². The molecule has 8 atom stereocenters. The molecule has 2 heterocycles. The Bertz CT molecular complexity index is 2950. The molecule has 4 aromatic rings. The van der Waals surface area contributed by atoms with Crippen LogP contribution in [0.3, 0.4) is 0 Å². The van der Waals surface area contributed by atoms with Crippen molar-refractivity contribution in [3.8, 4) is 0 Å². The molecule has 0 bridgehead atoms. The van der Waals surface area contributed by atoms with Crippen molar-refractivity contribution in [1.82, 2.24) is 9.80 Å². The number of azide groups is 2. The van der Waals surface area contributed by atoms with Gasteiger partial charge < -0.3 is 43.9 Å². The molecule has 0 spiro atoms. The van der Waals surface area contributed by atoms with Crippen molar-refractivity contribution >= 4 is 77.8 Å². The van der Waals surface area contributed by atoms with Crippen molar-refractivity contribution in [3.05, 3.63) is 142 Å². The number of amides is 2. The van der Waals surface area contributed by atoms with Crippen LogP contribution in [0.2, 0.25) is 10.1 Å². The molecule has 0 aliphatic carbocycles. The molecule has 7 N–H and O–H groups in total. The Morgan fingerprint density at radius 2 is 0.873 bits per heavy atom. The third-order valence-corrected chi connectivity index (χ3v) is 28.6. The standard InChI is InChI=1S/C33H49N5O4SSi.C28H40N4O4Si.C5H13NOS.4C2H6O.Ti/c1-7-9-18-25-43(40)36-26-29-33(6,41-31(39)38(29)24-17-16-23-35-37-34)30(8-2)42-44(32(3,4)5,27-19-12-10-13-20-27)28-21-14-11-15-22-28;1-6-25(28(5)24(21-33)32(26(34)35-28)20-14-13-19-30-31-29)36-37(27(2,3)4,22-15-9-7-10-16-22)23-17-11-8-12-18-23;1-2-3-4-5-8(6)7;4*1-2-3;/h10-15,19-22,26,29-30H,7-9,16-18,23-25H2,1-6H3;7-12,15-18,24-25,33H,6,13-14,19-21H2,1-5H3;2-6H2,1H3;4*3H,2H2,1H3;/t29-,30-,33+,43+;24-,25-,28+;8-;;;;;/m110...../s1. The summed E-state index contributed by atoms with van der Waals surface area (Å²) in [5.41, 5.74) is 15.0. The number of carbonyl (C=O) groups is 2. The zero-order valence-corrected chi connectivity index (χ0v) is 69.3. The van der Waals surface area contributed by atoms with Crippen LogP contribution in [0.15, 0.2) is 136 Å². The number of aliphatic hydroxyl groups excluding tert-OH is 5. The molecule has 2 saturated heterocycles. The second-order valence-electron chi connectivity index (χ2n) is 26.4. The van der Waals surface area contributed by atoms with E-state index in [0.717, 1.165) is 59.3 Å². The molecule has 4 aromatic carbocycles. The van der Waals surface area contributed by atoms with Crippen molar-refractivity contribution in [1.29, 1.82) is 0 Å². The quantitative estimate of drug-likeness (QED) is 0.00646. The van der Waals surface area contributed by atoms with Crippen molar-refractivity contribution in [2.45, 2.75) is 233 Å². The van der Waals surface area contributed by atoms with Gasteiger partial charge in [0.1, 0.15) is 23.1 Å². The van der Waals surface area contributed by atoms with E-state index in [2.05, 4.69) is 160 Å². The molecule has 574 valence electrons. The van der Waals surface area contributed by atoms with Gasteiger partial charge in [-0.05, 0) is 135 Å². The SMILES string of the molecule is CCCCC[S@@](N)=O.CCCCC[S@](=O)N=C[C@H]1N(CCCCN=[N+]=[N-])C(=O)O[C@]1(C)[C@@H](CC)O[Si](c1ccccc1)(c1ccccc1)C(C)(C)C.CCO.CCO.CCO.CCO.CC[C@@H](O[Si](c1ccccc1)(c1ccccc1)C(C)(C)C)[C@@]1(C)OC(=O)N(CCCCN=[N+]=[N-])[C@@H]1CO.[Ti]. The number of hydrogen-bond acceptors (Lipinski definition) is 15. The normalized spacial score (nSPS) is 18.1. The van der Waals surface area contributed by atoms with Gasteiger partial charge in [0.15, 0.2) is 11.2 Å². The van der Waals surface area contributed by atoms with Gasteiger partial charge in [-0.3, -0.25) is 14.9 Å². The topological polar surface area (TPSA) is 349 Å². The van der Waals surface area contributed by atoms with Crippen molar-refractivity contribution in [2.24, 2.45) is 19.8 Å². The van der Waals surface area contributed by atoms with Crippen molar-refractivity contribution in [2.75, 3.05) is 70.7 Å². The molecular formula is C74H126N10O13S2Si2Ti. The second-order valence-corrected chi connectivity index (χ2v) is 37.3. The van der Waals surface area contributed by atoms with Gasteiger partial charge in [-0.1, -0.05) is 226 Å². The summed E-state index contributed by atoms with van der Waals surface area (Å²) in [7, 11) is -8.37. The Morgan fingerprint density at radius 3 is 1.19 bits per heavy atom. The predicted molar refractivity (Wildman–Crippen MR) is 419 cm³/mol. The number of unbranched alkanes of at least 4 members (excludes halogenated alkanes) is 6. The summed E-state index contributed by atoms with van der Waals surface area (Å²) in [5.74, 6) is 1.14. The predicted octanol–water partition coefficient (Wildman–Crippen LogP) is 12.7. The van der Waals surface area contributed by atoms with E-state index < -0.39 is 86.3 Å². The van der Waals surface area contributed by atoms with Crippen LogP contribution in [-0.2, 0) is 62.0 Å². The summed E-state index contributed by atoms with van der Waals surface area (Å²) in [6.45, 7) is 34.5. The average molecular weight is 1530 g/mol. The van der Waals surface area contributed by atoms with Crippen LogP contribution < -0.4 is 25.9 Å². The summed E-state index contributed by atoms with van der Waals surface area (Å²) in [6.07, 6.45) is 9.72. The van der Waals surface area contributed by atoms with Gasteiger partial charge in [0.25, 0.3) is 16.6 Å². The van der Waals surface area contributed by atoms with Gasteiger partial charge in [0.05, 0.1) is 29.8 Å². The third-order valence-electron chi connectivity index (χ3n) is 16.8. The maximum absolute atomic E-state index is 13.5. The number of nitrogens with zero attached hydrogens (tertiary/aromatic N) is 9. The molecule has 23 nitrogen and oxygen atoms in total. The van der Waals surface area contributed by atoms with Gasteiger partial charge in [0, 0.05) is 102 Å². The molecule has 2 aliphatic heterocycles. The maximum atomic E-state index is 13.5. The first-order valence-corrected chi connectivity index (χ1v) is 42.3. The number of carbonyl (C=O) groups excluding carboxylic acids is 2. The second kappa shape index (κ2) is 54.4. The van der Waals surface area contributed by atoms with Gasteiger partial charge >= 0.3 is 12.2 Å². The molecular weight excluding hydrogens is 1410 g/mol. The molecule has 0 saturated carbocycles. The minimum Gasteiger partial charge on any atom is -0.438 e. The minimum atomic E-state index is -2.99. The maximum Gasteiger partial charge on any atom is 0.411 e. The van der Waals surface area contributed by atoms with E-state index in [1.807, 2.05) is 69.3 Å². The Morgan fingerprint density at radius 1 is 0.549 bits per heavy atom. The van der Waals surface area contributed by atoms with Crippen molar-refractivity contribution < 1.29 is 83.6 Å². The molecule has 28 heteroatoms. The number of nitrogens with two attached hydrogens (primary N) is 1. The van der Waals surface area contributed by atoms with Gasteiger partial charge in [0.2, 0.25) is 0 Å². The fourth-order valence-electron chi connectivity index (χ4n) is 12.2. The van der Waals surface area contributed by atoms with Crippen LogP contribution in [0, 0.1) is 0 Å². The summed E-state index contributed by atoms with van der Waals surface area (Å²) in [5, 5.41) is 57.0. The van der Waals surface area contributed by atoms with Gasteiger partial charge in [-0.25, -0.2) is 18.0 Å². The average Bonchev–Trinajstić information content (AvgIpc) is 1.19. The number of cyclic esters (lactones) is 2. The summed E-state index contributed by atoms with van der Waals surface area (Å²) in [4.78, 5) is 35.5. The van der Waals surface area contributed by atoms with E-state index in [1.54, 1.807) is 43.7 Å². The zero-order chi connectivity index (χ0) is 76.6. The van der Waals surface area contributed by atoms with Crippen molar-refractivity contribution in [3.63, 3.8) is 0 Å². The summed E-state index contributed by atoms with van der Waals surface area (Å²) >= 11 is 0. The molecule has 0 radical (unpaired) electrons. The van der Waals surface area contributed by atoms with Crippen LogP contribution in [0.1, 0.15) is 188 Å². The Balaban J connectivity index is 0. The van der Waals surface area contributed by atoms with Crippen LogP contribution in [-0.4, -0.2) is 185 Å². The van der Waals surface area contributed by atoms with E-state index in [1.165, 1.54) is 0 Å². The monoisotopic (exact) mass is 1530 g/mol. The van der Waals surface area contributed by atoms with E-state index in [-0.39, 0.29) is 64.8 Å². The minimum absolute atomic E-state index is 0. The van der Waals surface area contributed by atoms with Crippen LogP contribution in [0.4, 0.5) is 9.59 Å². The zero-order valence-electron chi connectivity index (χ0n) is 64.1. The molecule has 2 amide bonds.